The molecule has 1 aliphatic rings. The number of furan rings is 1. The number of amides is 3. The van der Waals surface area contributed by atoms with Crippen molar-refractivity contribution in [3.8, 4) is 11.3 Å². The summed E-state index contributed by atoms with van der Waals surface area (Å²) >= 11 is 6.84. The fourth-order valence-electron chi connectivity index (χ4n) is 3.55. The highest BCUT2D eigenvalue weighted by molar-refractivity contribution is 8.18. The van der Waals surface area contributed by atoms with Gasteiger partial charge in [-0.05, 0) is 67.1 Å². The SMILES string of the molecule is Cc1cc(C)cc(NC(=O)CN2C(=O)S/C(=C/c3ccc(-c4cc([N+](=O)[O-])ccc4Cl)o3)C2=O)c1. The first kappa shape index (κ1) is 24.2. The third-order valence-electron chi connectivity index (χ3n) is 5.01. The summed E-state index contributed by atoms with van der Waals surface area (Å²) in [6.45, 7) is 3.37. The summed E-state index contributed by atoms with van der Waals surface area (Å²) in [6.07, 6.45) is 1.38. The number of imide groups is 1. The van der Waals surface area contributed by atoms with Gasteiger partial charge < -0.3 is 9.73 Å². The van der Waals surface area contributed by atoms with Crippen LogP contribution in [0.2, 0.25) is 5.02 Å². The lowest BCUT2D eigenvalue weighted by Gasteiger charge is -2.13. The van der Waals surface area contributed by atoms with Gasteiger partial charge in [-0.2, -0.15) is 0 Å². The highest BCUT2D eigenvalue weighted by Gasteiger charge is 2.36. The quantitative estimate of drug-likeness (QED) is 0.252. The van der Waals surface area contributed by atoms with Crippen LogP contribution in [0.3, 0.4) is 0 Å². The monoisotopic (exact) mass is 511 g/mol. The van der Waals surface area contributed by atoms with Crippen LogP contribution in [-0.4, -0.2) is 33.4 Å². The Morgan fingerprint density at radius 3 is 2.54 bits per heavy atom. The maximum absolute atomic E-state index is 12.8. The van der Waals surface area contributed by atoms with Crippen molar-refractivity contribution >= 4 is 57.9 Å². The summed E-state index contributed by atoms with van der Waals surface area (Å²) in [6, 6.07) is 12.6. The van der Waals surface area contributed by atoms with E-state index in [0.717, 1.165) is 16.0 Å². The molecule has 0 atom stereocenters. The number of thioether (sulfide) groups is 1. The van der Waals surface area contributed by atoms with Crippen molar-refractivity contribution in [3.63, 3.8) is 0 Å². The van der Waals surface area contributed by atoms with Crippen LogP contribution in [0.15, 0.2) is 57.9 Å². The molecule has 3 aromatic rings. The van der Waals surface area contributed by atoms with E-state index in [1.54, 1.807) is 24.3 Å². The summed E-state index contributed by atoms with van der Waals surface area (Å²) in [5.41, 5.74) is 2.69. The van der Waals surface area contributed by atoms with E-state index in [9.17, 15) is 24.5 Å². The number of aryl methyl sites for hydroxylation is 2. The van der Waals surface area contributed by atoms with Crippen molar-refractivity contribution in [3.05, 3.63) is 85.5 Å². The number of halogens is 1. The highest BCUT2D eigenvalue weighted by atomic mass is 35.5. The van der Waals surface area contributed by atoms with E-state index in [-0.39, 0.29) is 27.1 Å². The summed E-state index contributed by atoms with van der Waals surface area (Å²) in [4.78, 5) is 49.1. The van der Waals surface area contributed by atoms with Crippen LogP contribution >= 0.6 is 23.4 Å². The number of carbonyl (C=O) groups is 3. The molecular formula is C24H18ClN3O6S. The number of hydrogen-bond donors (Lipinski definition) is 1. The number of nitro benzene ring substituents is 1. The Labute approximate surface area is 208 Å². The van der Waals surface area contributed by atoms with Gasteiger partial charge in [0.25, 0.3) is 16.8 Å². The Balaban J connectivity index is 1.49. The lowest BCUT2D eigenvalue weighted by atomic mass is 10.1. The maximum Gasteiger partial charge on any atom is 0.294 e. The number of nitro groups is 1. The molecule has 178 valence electrons. The van der Waals surface area contributed by atoms with Crippen LogP contribution < -0.4 is 5.32 Å². The first-order valence-electron chi connectivity index (χ1n) is 10.3. The minimum absolute atomic E-state index is 0.0836. The third kappa shape index (κ3) is 5.44. The molecule has 0 aliphatic carbocycles. The zero-order chi connectivity index (χ0) is 25.3. The van der Waals surface area contributed by atoms with Crippen LogP contribution in [0.4, 0.5) is 16.2 Å². The molecule has 4 rings (SSSR count). The average molecular weight is 512 g/mol. The molecule has 1 N–H and O–H groups in total. The molecule has 2 heterocycles. The van der Waals surface area contributed by atoms with Gasteiger partial charge in [-0.25, -0.2) is 0 Å². The number of nitrogens with zero attached hydrogens (tertiary/aromatic N) is 2. The normalized spacial score (nSPS) is 14.6. The van der Waals surface area contributed by atoms with Crippen molar-refractivity contribution in [2.75, 3.05) is 11.9 Å². The van der Waals surface area contributed by atoms with Crippen molar-refractivity contribution in [2.24, 2.45) is 0 Å². The number of carbonyl (C=O) groups excluding carboxylic acids is 3. The molecule has 1 aliphatic heterocycles. The van der Waals surface area contributed by atoms with E-state index in [0.29, 0.717) is 23.0 Å². The molecule has 9 nitrogen and oxygen atoms in total. The van der Waals surface area contributed by atoms with Gasteiger partial charge >= 0.3 is 0 Å². The number of rotatable bonds is 6. The second-order valence-corrected chi connectivity index (χ2v) is 9.22. The van der Waals surface area contributed by atoms with Gasteiger partial charge in [-0.3, -0.25) is 29.4 Å². The molecule has 35 heavy (non-hydrogen) atoms. The van der Waals surface area contributed by atoms with E-state index in [4.69, 9.17) is 16.0 Å². The first-order chi connectivity index (χ1) is 16.6. The Morgan fingerprint density at radius 1 is 1.14 bits per heavy atom. The lowest BCUT2D eigenvalue weighted by Crippen LogP contribution is -2.36. The van der Waals surface area contributed by atoms with Gasteiger partial charge in [0.15, 0.2) is 0 Å². The van der Waals surface area contributed by atoms with Crippen LogP contribution in [0.5, 0.6) is 0 Å². The molecule has 2 aromatic carbocycles. The van der Waals surface area contributed by atoms with Crippen molar-refractivity contribution in [2.45, 2.75) is 13.8 Å². The topological polar surface area (TPSA) is 123 Å². The molecule has 0 spiro atoms. The lowest BCUT2D eigenvalue weighted by molar-refractivity contribution is -0.384. The number of nitrogens with one attached hydrogen (secondary N) is 1. The number of non-ortho nitro benzene ring substituents is 1. The fraction of sp³-hybridized carbons (Fsp3) is 0.125. The van der Waals surface area contributed by atoms with E-state index < -0.39 is 28.5 Å². The minimum atomic E-state index is -0.623. The number of hydrogen-bond acceptors (Lipinski definition) is 7. The fourth-order valence-corrected chi connectivity index (χ4v) is 4.58. The minimum Gasteiger partial charge on any atom is -0.457 e. The zero-order valence-corrected chi connectivity index (χ0v) is 20.1. The molecule has 0 radical (unpaired) electrons. The molecular weight excluding hydrogens is 494 g/mol. The molecule has 1 aromatic heterocycles. The summed E-state index contributed by atoms with van der Waals surface area (Å²) in [7, 11) is 0. The standard InChI is InChI=1S/C24H18ClN3O6S/c1-13-7-14(2)9-15(8-13)26-22(29)12-27-23(30)21(35-24(27)31)11-17-4-6-20(34-17)18-10-16(28(32)33)3-5-19(18)25/h3-11H,12H2,1-2H3,(H,26,29)/b21-11+. The van der Waals surface area contributed by atoms with E-state index in [1.165, 1.54) is 24.3 Å². The largest absolute Gasteiger partial charge is 0.457 e. The predicted molar refractivity (Wildman–Crippen MR) is 133 cm³/mol. The Bertz CT molecular complexity index is 1390. The van der Waals surface area contributed by atoms with Gasteiger partial charge in [0.05, 0.1) is 14.9 Å². The molecule has 0 unspecified atom stereocenters. The summed E-state index contributed by atoms with van der Waals surface area (Å²) in [5, 5.41) is 13.4. The number of benzene rings is 2. The third-order valence-corrected chi connectivity index (χ3v) is 6.24. The van der Waals surface area contributed by atoms with E-state index in [1.807, 2.05) is 19.9 Å². The Kier molecular flexibility index (Phi) is 6.77. The van der Waals surface area contributed by atoms with Crippen LogP contribution in [0.25, 0.3) is 17.4 Å². The van der Waals surface area contributed by atoms with Gasteiger partial charge in [0, 0.05) is 29.5 Å². The Hall–Kier alpha value is -3.89. The highest BCUT2D eigenvalue weighted by Crippen LogP contribution is 2.35. The summed E-state index contributed by atoms with van der Waals surface area (Å²) in [5.74, 6) is -0.620. The molecule has 0 bridgehead atoms. The van der Waals surface area contributed by atoms with Gasteiger partial charge in [-0.15, -0.1) is 0 Å². The average Bonchev–Trinajstić information content (AvgIpc) is 3.33. The first-order valence-corrected chi connectivity index (χ1v) is 11.5. The molecule has 1 fully saturated rings. The second-order valence-electron chi connectivity index (χ2n) is 7.82. The predicted octanol–water partition coefficient (Wildman–Crippen LogP) is 5.80. The van der Waals surface area contributed by atoms with Gasteiger partial charge in [0.2, 0.25) is 5.91 Å². The zero-order valence-electron chi connectivity index (χ0n) is 18.5. The molecule has 0 saturated carbocycles. The van der Waals surface area contributed by atoms with Crippen molar-refractivity contribution in [1.29, 1.82) is 0 Å². The maximum atomic E-state index is 12.8. The van der Waals surface area contributed by atoms with Crippen LogP contribution in [-0.2, 0) is 9.59 Å². The Morgan fingerprint density at radius 2 is 1.86 bits per heavy atom. The van der Waals surface area contributed by atoms with Crippen LogP contribution in [0.1, 0.15) is 16.9 Å². The van der Waals surface area contributed by atoms with Crippen LogP contribution in [0, 0.1) is 24.0 Å². The van der Waals surface area contributed by atoms with Crippen molar-refractivity contribution < 1.29 is 23.7 Å². The van der Waals surface area contributed by atoms with Gasteiger partial charge in [0.1, 0.15) is 18.1 Å². The second kappa shape index (κ2) is 9.77. The molecule has 3 amide bonds. The molecule has 1 saturated heterocycles. The van der Waals surface area contributed by atoms with Gasteiger partial charge in [-0.1, -0.05) is 17.7 Å². The number of anilines is 1. The van der Waals surface area contributed by atoms with Crippen molar-refractivity contribution in [1.82, 2.24) is 4.90 Å². The van der Waals surface area contributed by atoms with E-state index in [2.05, 4.69) is 5.32 Å². The smallest absolute Gasteiger partial charge is 0.294 e. The van der Waals surface area contributed by atoms with E-state index >= 15 is 0 Å². The summed E-state index contributed by atoms with van der Waals surface area (Å²) < 4.78 is 5.69. The molecule has 11 heteroatoms.